The molecule has 1 aliphatic heterocycles. The van der Waals surface area contributed by atoms with Crippen LogP contribution in [0.4, 0.5) is 3.89 Å². The summed E-state index contributed by atoms with van der Waals surface area (Å²) in [7, 11) is -4.30. The summed E-state index contributed by atoms with van der Waals surface area (Å²) < 4.78 is 38.4. The first-order valence-electron chi connectivity index (χ1n) is 3.64. The number of halogens is 1. The highest BCUT2D eigenvalue weighted by Gasteiger charge is 2.51. The van der Waals surface area contributed by atoms with Crippen LogP contribution >= 0.6 is 0 Å². The van der Waals surface area contributed by atoms with Crippen LogP contribution in [-0.4, -0.2) is 26.4 Å². The minimum Gasteiger partial charge on any atom is -0.378 e. The van der Waals surface area contributed by atoms with E-state index < -0.39 is 15.5 Å². The van der Waals surface area contributed by atoms with E-state index in [1.54, 1.807) is 0 Å². The molecule has 3 nitrogen and oxygen atoms in total. The maximum atomic E-state index is 12.4. The molecule has 0 bridgehead atoms. The number of rotatable bonds is 1. The molecule has 1 saturated heterocycles. The number of hydrogen-bond donors (Lipinski definition) is 0. The summed E-state index contributed by atoms with van der Waals surface area (Å²) in [5.41, 5.74) is 0. The Bertz CT molecular complexity index is 261. The van der Waals surface area contributed by atoms with Crippen molar-refractivity contribution in [3.8, 4) is 0 Å². The van der Waals surface area contributed by atoms with Gasteiger partial charge in [-0.25, -0.2) is 0 Å². The first-order valence-corrected chi connectivity index (χ1v) is 5.09. The maximum absolute atomic E-state index is 12.4. The van der Waals surface area contributed by atoms with Crippen molar-refractivity contribution in [3.63, 3.8) is 0 Å². The maximum Gasteiger partial charge on any atom is 0.305 e. The topological polar surface area (TPSA) is 43.4 Å². The number of fused-ring (bicyclic) bond motifs is 1. The minimum atomic E-state index is -4.30. The SMILES string of the molecule is O=S(=O)(F)C1CC2OCCC21. The molecule has 0 amide bonds. The molecular formula is C6H9FO3S. The third-order valence-electron chi connectivity index (χ3n) is 2.56. The molecule has 2 aliphatic rings. The lowest BCUT2D eigenvalue weighted by molar-refractivity contribution is 0.0358. The van der Waals surface area contributed by atoms with Crippen LogP contribution in [0, 0.1) is 5.92 Å². The van der Waals surface area contributed by atoms with Gasteiger partial charge in [0, 0.05) is 12.5 Å². The van der Waals surface area contributed by atoms with Crippen molar-refractivity contribution in [1.82, 2.24) is 0 Å². The van der Waals surface area contributed by atoms with Gasteiger partial charge in [0.05, 0.1) is 11.4 Å². The van der Waals surface area contributed by atoms with Crippen molar-refractivity contribution in [2.45, 2.75) is 24.2 Å². The van der Waals surface area contributed by atoms with Crippen molar-refractivity contribution in [1.29, 1.82) is 0 Å². The van der Waals surface area contributed by atoms with Crippen LogP contribution in [-0.2, 0) is 15.0 Å². The minimum absolute atomic E-state index is 0.0190. The highest BCUT2D eigenvalue weighted by atomic mass is 32.3. The van der Waals surface area contributed by atoms with Crippen LogP contribution < -0.4 is 0 Å². The summed E-state index contributed by atoms with van der Waals surface area (Å²) in [5.74, 6) is -0.0648. The van der Waals surface area contributed by atoms with Crippen LogP contribution in [0.5, 0.6) is 0 Å². The second-order valence-electron chi connectivity index (χ2n) is 3.11. The molecular weight excluding hydrogens is 171 g/mol. The van der Waals surface area contributed by atoms with Gasteiger partial charge in [0.1, 0.15) is 0 Å². The Morgan fingerprint density at radius 3 is 2.73 bits per heavy atom. The predicted molar refractivity (Wildman–Crippen MR) is 36.3 cm³/mol. The largest absolute Gasteiger partial charge is 0.378 e. The summed E-state index contributed by atoms with van der Waals surface area (Å²) in [6.45, 7) is 0.585. The van der Waals surface area contributed by atoms with Crippen molar-refractivity contribution < 1.29 is 17.0 Å². The van der Waals surface area contributed by atoms with Crippen molar-refractivity contribution in [2.75, 3.05) is 6.61 Å². The molecule has 0 spiro atoms. The lowest BCUT2D eigenvalue weighted by Gasteiger charge is -2.35. The van der Waals surface area contributed by atoms with Crippen molar-refractivity contribution in [3.05, 3.63) is 0 Å². The molecule has 0 radical (unpaired) electrons. The van der Waals surface area contributed by atoms with E-state index >= 15 is 0 Å². The van der Waals surface area contributed by atoms with Gasteiger partial charge in [-0.2, -0.15) is 8.42 Å². The highest BCUT2D eigenvalue weighted by molar-refractivity contribution is 7.87. The van der Waals surface area contributed by atoms with Crippen LogP contribution in [0.2, 0.25) is 0 Å². The fourth-order valence-electron chi connectivity index (χ4n) is 1.86. The van der Waals surface area contributed by atoms with Crippen LogP contribution in [0.3, 0.4) is 0 Å². The zero-order valence-electron chi connectivity index (χ0n) is 5.86. The normalized spacial score (nSPS) is 43.2. The Kier molecular flexibility index (Phi) is 1.47. The Labute approximate surface area is 64.8 Å². The summed E-state index contributed by atoms with van der Waals surface area (Å²) in [5, 5.41) is -0.769. The van der Waals surface area contributed by atoms with Crippen LogP contribution in [0.1, 0.15) is 12.8 Å². The van der Waals surface area contributed by atoms with E-state index in [-0.39, 0.29) is 12.0 Å². The Morgan fingerprint density at radius 1 is 1.45 bits per heavy atom. The van der Waals surface area contributed by atoms with E-state index in [4.69, 9.17) is 4.74 Å². The van der Waals surface area contributed by atoms with Crippen molar-refractivity contribution in [2.24, 2.45) is 5.92 Å². The zero-order chi connectivity index (χ0) is 8.06. The van der Waals surface area contributed by atoms with E-state index in [2.05, 4.69) is 0 Å². The monoisotopic (exact) mass is 180 g/mol. The molecule has 0 aromatic rings. The number of ether oxygens (including phenoxy) is 1. The van der Waals surface area contributed by atoms with Crippen LogP contribution in [0.15, 0.2) is 0 Å². The molecule has 11 heavy (non-hydrogen) atoms. The fraction of sp³-hybridized carbons (Fsp3) is 1.00. The average Bonchev–Trinajstić information content (AvgIpc) is 2.08. The second-order valence-corrected chi connectivity index (χ2v) is 4.67. The molecule has 5 heteroatoms. The van der Waals surface area contributed by atoms with Gasteiger partial charge >= 0.3 is 10.2 Å². The molecule has 2 fully saturated rings. The van der Waals surface area contributed by atoms with Gasteiger partial charge in [-0.15, -0.1) is 3.89 Å². The third kappa shape index (κ3) is 1.06. The van der Waals surface area contributed by atoms with Gasteiger partial charge < -0.3 is 4.74 Å². The summed E-state index contributed by atoms with van der Waals surface area (Å²) in [6, 6.07) is 0. The van der Waals surface area contributed by atoms with Gasteiger partial charge in [-0.1, -0.05) is 0 Å². The number of hydrogen-bond acceptors (Lipinski definition) is 3. The standard InChI is InChI=1S/C6H9FO3S/c7-11(8,9)6-3-5-4(6)1-2-10-5/h4-6H,1-3H2. The molecule has 1 saturated carbocycles. The molecule has 2 rings (SSSR count). The first-order chi connectivity index (χ1) is 5.09. The molecule has 1 heterocycles. The van der Waals surface area contributed by atoms with Gasteiger partial charge in [-0.05, 0) is 12.8 Å². The Morgan fingerprint density at radius 2 is 2.18 bits per heavy atom. The van der Waals surface area contributed by atoms with E-state index in [1.165, 1.54) is 0 Å². The van der Waals surface area contributed by atoms with Gasteiger partial charge in [0.25, 0.3) is 0 Å². The summed E-state index contributed by atoms with van der Waals surface area (Å²) in [4.78, 5) is 0. The Balaban J connectivity index is 2.12. The quantitative estimate of drug-likeness (QED) is 0.551. The van der Waals surface area contributed by atoms with E-state index in [0.717, 1.165) is 0 Å². The van der Waals surface area contributed by atoms with Crippen molar-refractivity contribution >= 4 is 10.2 Å². The average molecular weight is 180 g/mol. The Hall–Kier alpha value is -0.160. The highest BCUT2D eigenvalue weighted by Crippen LogP contribution is 2.42. The second kappa shape index (κ2) is 2.17. The molecule has 0 aromatic heterocycles. The smallest absolute Gasteiger partial charge is 0.305 e. The van der Waals surface area contributed by atoms with Gasteiger partial charge in [0.2, 0.25) is 0 Å². The fourth-order valence-corrected chi connectivity index (χ4v) is 3.01. The van der Waals surface area contributed by atoms with E-state index in [9.17, 15) is 12.3 Å². The molecule has 3 unspecified atom stereocenters. The lowest BCUT2D eigenvalue weighted by atomic mass is 9.81. The summed E-state index contributed by atoms with van der Waals surface area (Å²) in [6.07, 6.45) is 1.06. The molecule has 0 N–H and O–H groups in total. The third-order valence-corrected chi connectivity index (χ3v) is 3.83. The first kappa shape index (κ1) is 7.49. The summed E-state index contributed by atoms with van der Waals surface area (Å²) >= 11 is 0. The van der Waals surface area contributed by atoms with Gasteiger partial charge in [0.15, 0.2) is 0 Å². The zero-order valence-corrected chi connectivity index (χ0v) is 6.68. The lowest BCUT2D eigenvalue weighted by Crippen LogP contribution is -2.46. The van der Waals surface area contributed by atoms with E-state index in [0.29, 0.717) is 19.4 Å². The molecule has 64 valence electrons. The van der Waals surface area contributed by atoms with Crippen LogP contribution in [0.25, 0.3) is 0 Å². The van der Waals surface area contributed by atoms with Gasteiger partial charge in [-0.3, -0.25) is 0 Å². The van der Waals surface area contributed by atoms with E-state index in [1.807, 2.05) is 0 Å². The molecule has 0 aromatic carbocycles. The molecule has 1 aliphatic carbocycles. The predicted octanol–water partition coefficient (Wildman–Crippen LogP) is 0.463. The molecule has 3 atom stereocenters.